The quantitative estimate of drug-likeness (QED) is 0.835. The van der Waals surface area contributed by atoms with Crippen molar-refractivity contribution >= 4 is 34.5 Å². The molecular weight excluding hydrogens is 268 g/mol. The number of hydrogen-bond acceptors (Lipinski definition) is 3. The highest BCUT2D eigenvalue weighted by Crippen LogP contribution is 2.29. The van der Waals surface area contributed by atoms with Crippen LogP contribution in [0.2, 0.25) is 5.02 Å². The first-order valence-electron chi connectivity index (χ1n) is 6.00. The van der Waals surface area contributed by atoms with E-state index in [4.69, 9.17) is 34.3 Å². The van der Waals surface area contributed by atoms with Gasteiger partial charge in [-0.05, 0) is 37.5 Å². The first-order chi connectivity index (χ1) is 8.61. The standard InChI is InChI=1S/C13H17ClN2OS/c1-17-12-4-2-3-11(12)16-10-6-5-8(13(15)18)7-9(10)14/h5-7,11-12,16H,2-4H2,1H3,(H2,15,18). The van der Waals surface area contributed by atoms with Crippen LogP contribution in [0, 0.1) is 0 Å². The second kappa shape index (κ2) is 5.87. The van der Waals surface area contributed by atoms with Crippen LogP contribution in [0.4, 0.5) is 5.69 Å². The van der Waals surface area contributed by atoms with E-state index in [9.17, 15) is 0 Å². The first-order valence-corrected chi connectivity index (χ1v) is 6.79. The Morgan fingerprint density at radius 2 is 2.28 bits per heavy atom. The highest BCUT2D eigenvalue weighted by atomic mass is 35.5. The Morgan fingerprint density at radius 1 is 1.50 bits per heavy atom. The van der Waals surface area contributed by atoms with E-state index >= 15 is 0 Å². The molecule has 0 spiro atoms. The van der Waals surface area contributed by atoms with Crippen LogP contribution in [0.25, 0.3) is 0 Å². The molecule has 0 radical (unpaired) electrons. The number of hydrogen-bond donors (Lipinski definition) is 2. The molecule has 1 aliphatic carbocycles. The predicted octanol–water partition coefficient (Wildman–Crippen LogP) is 2.95. The van der Waals surface area contributed by atoms with Crippen molar-refractivity contribution in [3.05, 3.63) is 28.8 Å². The van der Waals surface area contributed by atoms with Crippen molar-refractivity contribution in [2.75, 3.05) is 12.4 Å². The first kappa shape index (κ1) is 13.6. The van der Waals surface area contributed by atoms with Gasteiger partial charge in [0.1, 0.15) is 4.99 Å². The van der Waals surface area contributed by atoms with Gasteiger partial charge in [0, 0.05) is 12.7 Å². The van der Waals surface area contributed by atoms with E-state index in [-0.39, 0.29) is 6.10 Å². The summed E-state index contributed by atoms with van der Waals surface area (Å²) >= 11 is 11.1. The number of ether oxygens (including phenoxy) is 1. The molecule has 18 heavy (non-hydrogen) atoms. The molecule has 3 nitrogen and oxygen atoms in total. The van der Waals surface area contributed by atoms with E-state index in [1.165, 1.54) is 6.42 Å². The van der Waals surface area contributed by atoms with Crippen molar-refractivity contribution in [2.45, 2.75) is 31.4 Å². The van der Waals surface area contributed by atoms with Gasteiger partial charge in [0.25, 0.3) is 0 Å². The summed E-state index contributed by atoms with van der Waals surface area (Å²) in [5.41, 5.74) is 7.27. The van der Waals surface area contributed by atoms with Gasteiger partial charge in [0.15, 0.2) is 0 Å². The monoisotopic (exact) mass is 284 g/mol. The summed E-state index contributed by atoms with van der Waals surface area (Å²) < 4.78 is 5.45. The van der Waals surface area contributed by atoms with E-state index in [0.29, 0.717) is 16.1 Å². The van der Waals surface area contributed by atoms with E-state index in [0.717, 1.165) is 24.1 Å². The molecule has 1 aromatic rings. The van der Waals surface area contributed by atoms with Gasteiger partial charge >= 0.3 is 0 Å². The van der Waals surface area contributed by atoms with Gasteiger partial charge in [-0.3, -0.25) is 0 Å². The van der Waals surface area contributed by atoms with Gasteiger partial charge in [-0.2, -0.15) is 0 Å². The fourth-order valence-corrected chi connectivity index (χ4v) is 2.72. The van der Waals surface area contributed by atoms with Crippen LogP contribution in [0.1, 0.15) is 24.8 Å². The van der Waals surface area contributed by atoms with Crippen molar-refractivity contribution in [1.29, 1.82) is 0 Å². The maximum atomic E-state index is 6.22. The van der Waals surface area contributed by atoms with Crippen molar-refractivity contribution in [2.24, 2.45) is 5.73 Å². The molecule has 0 aliphatic heterocycles. The van der Waals surface area contributed by atoms with Crippen LogP contribution >= 0.6 is 23.8 Å². The number of rotatable bonds is 4. The van der Waals surface area contributed by atoms with Gasteiger partial charge < -0.3 is 15.8 Å². The SMILES string of the molecule is COC1CCCC1Nc1ccc(C(N)=S)cc1Cl. The van der Waals surface area contributed by atoms with Gasteiger partial charge in [-0.1, -0.05) is 23.8 Å². The molecule has 1 aromatic carbocycles. The van der Waals surface area contributed by atoms with Crippen molar-refractivity contribution in [1.82, 2.24) is 0 Å². The normalized spacial score (nSPS) is 23.0. The predicted molar refractivity (Wildman–Crippen MR) is 79.4 cm³/mol. The highest BCUT2D eigenvalue weighted by Gasteiger charge is 2.27. The van der Waals surface area contributed by atoms with Crippen molar-refractivity contribution in [3.63, 3.8) is 0 Å². The molecule has 5 heteroatoms. The van der Waals surface area contributed by atoms with Crippen LogP contribution in [0.5, 0.6) is 0 Å². The summed E-state index contributed by atoms with van der Waals surface area (Å²) in [6.07, 6.45) is 3.64. The second-order valence-corrected chi connectivity index (χ2v) is 5.36. The molecular formula is C13H17ClN2OS. The molecule has 2 rings (SSSR count). The maximum absolute atomic E-state index is 6.22. The van der Waals surface area contributed by atoms with Crippen LogP contribution < -0.4 is 11.1 Å². The molecule has 0 heterocycles. The Kier molecular flexibility index (Phi) is 4.43. The third-order valence-corrected chi connectivity index (χ3v) is 3.90. The Balaban J connectivity index is 2.12. The molecule has 2 atom stereocenters. The number of nitrogens with one attached hydrogen (secondary N) is 1. The molecule has 0 aromatic heterocycles. The smallest absolute Gasteiger partial charge is 0.104 e. The number of halogens is 1. The Labute approximate surface area is 118 Å². The number of benzene rings is 1. The summed E-state index contributed by atoms with van der Waals surface area (Å²) in [6, 6.07) is 5.92. The molecule has 0 amide bonds. The molecule has 1 saturated carbocycles. The molecule has 1 fully saturated rings. The Hall–Kier alpha value is -0.840. The minimum absolute atomic E-state index is 0.260. The number of anilines is 1. The molecule has 1 aliphatic rings. The average molecular weight is 285 g/mol. The topological polar surface area (TPSA) is 47.3 Å². The lowest BCUT2D eigenvalue weighted by Gasteiger charge is -2.21. The fourth-order valence-electron chi connectivity index (χ4n) is 2.36. The lowest BCUT2D eigenvalue weighted by Crippen LogP contribution is -2.29. The summed E-state index contributed by atoms with van der Waals surface area (Å²) in [5.74, 6) is 0. The summed E-state index contributed by atoms with van der Waals surface area (Å²) in [5, 5.41) is 4.08. The van der Waals surface area contributed by atoms with Crippen LogP contribution in [0.15, 0.2) is 18.2 Å². The summed E-state index contributed by atoms with van der Waals surface area (Å²) in [6.45, 7) is 0. The molecule has 2 unspecified atom stereocenters. The van der Waals surface area contributed by atoms with Crippen molar-refractivity contribution in [3.8, 4) is 0 Å². The molecule has 3 N–H and O–H groups in total. The lowest BCUT2D eigenvalue weighted by molar-refractivity contribution is 0.101. The Bertz CT molecular complexity index is 453. The van der Waals surface area contributed by atoms with Crippen molar-refractivity contribution < 1.29 is 4.74 Å². The minimum atomic E-state index is 0.260. The van der Waals surface area contributed by atoms with E-state index in [1.807, 2.05) is 12.1 Å². The highest BCUT2D eigenvalue weighted by molar-refractivity contribution is 7.80. The van der Waals surface area contributed by atoms with E-state index < -0.39 is 0 Å². The molecule has 98 valence electrons. The van der Waals surface area contributed by atoms with Crippen LogP contribution in [-0.2, 0) is 4.74 Å². The van der Waals surface area contributed by atoms with E-state index in [1.54, 1.807) is 13.2 Å². The van der Waals surface area contributed by atoms with Crippen LogP contribution in [-0.4, -0.2) is 24.2 Å². The number of methoxy groups -OCH3 is 1. The van der Waals surface area contributed by atoms with Crippen LogP contribution in [0.3, 0.4) is 0 Å². The second-order valence-electron chi connectivity index (χ2n) is 4.51. The molecule has 0 bridgehead atoms. The zero-order valence-corrected chi connectivity index (χ0v) is 11.9. The van der Waals surface area contributed by atoms with E-state index in [2.05, 4.69) is 5.32 Å². The zero-order chi connectivity index (χ0) is 13.1. The van der Waals surface area contributed by atoms with Gasteiger partial charge in [0.05, 0.1) is 22.9 Å². The fraction of sp³-hybridized carbons (Fsp3) is 0.462. The maximum Gasteiger partial charge on any atom is 0.104 e. The summed E-state index contributed by atoms with van der Waals surface area (Å²) in [7, 11) is 1.75. The van der Waals surface area contributed by atoms with Gasteiger partial charge in [-0.25, -0.2) is 0 Å². The number of thiocarbonyl (C=S) groups is 1. The minimum Gasteiger partial charge on any atom is -0.389 e. The van der Waals surface area contributed by atoms with Gasteiger partial charge in [0.2, 0.25) is 0 Å². The average Bonchev–Trinajstić information content (AvgIpc) is 2.78. The largest absolute Gasteiger partial charge is 0.389 e. The summed E-state index contributed by atoms with van der Waals surface area (Å²) in [4.78, 5) is 0.360. The third kappa shape index (κ3) is 2.94. The zero-order valence-electron chi connectivity index (χ0n) is 10.3. The molecule has 0 saturated heterocycles. The number of nitrogens with two attached hydrogens (primary N) is 1. The lowest BCUT2D eigenvalue weighted by atomic mass is 10.1. The van der Waals surface area contributed by atoms with Gasteiger partial charge in [-0.15, -0.1) is 0 Å². The third-order valence-electron chi connectivity index (χ3n) is 3.35. The Morgan fingerprint density at radius 3 is 2.89 bits per heavy atom.